The van der Waals surface area contributed by atoms with Gasteiger partial charge in [0.15, 0.2) is 0 Å². The van der Waals surface area contributed by atoms with Crippen LogP contribution >= 0.6 is 0 Å². The van der Waals surface area contributed by atoms with Crippen LogP contribution in [-0.4, -0.2) is 65.3 Å². The maximum Gasteiger partial charge on any atom is 0.410 e. The van der Waals surface area contributed by atoms with Crippen molar-refractivity contribution in [3.63, 3.8) is 0 Å². The molecule has 0 unspecified atom stereocenters. The standard InChI is InChI=1S/C17H30N2O4/c1-17(2,3)23-16(22)19-10-8-18(9-11-19)15(21)14-6-4-13(12-20)5-7-14/h13-14,20H,4-12H2,1-3H3/t13-,14-. The van der Waals surface area contributed by atoms with E-state index in [0.29, 0.717) is 32.1 Å². The highest BCUT2D eigenvalue weighted by Crippen LogP contribution is 2.30. The molecular formula is C17H30N2O4. The van der Waals surface area contributed by atoms with E-state index in [0.717, 1.165) is 25.7 Å². The first-order valence-corrected chi connectivity index (χ1v) is 8.67. The lowest BCUT2D eigenvalue weighted by Gasteiger charge is -2.38. The first kappa shape index (κ1) is 18.0. The van der Waals surface area contributed by atoms with E-state index < -0.39 is 5.60 Å². The Hall–Kier alpha value is -1.30. The van der Waals surface area contributed by atoms with Crippen LogP contribution in [0.1, 0.15) is 46.5 Å². The number of ether oxygens (including phenoxy) is 1. The van der Waals surface area contributed by atoms with E-state index in [4.69, 9.17) is 4.74 Å². The number of hydrogen-bond acceptors (Lipinski definition) is 4. The zero-order chi connectivity index (χ0) is 17.0. The van der Waals surface area contributed by atoms with E-state index in [-0.39, 0.29) is 24.5 Å². The number of aliphatic hydroxyl groups is 1. The minimum absolute atomic E-state index is 0.0888. The number of aliphatic hydroxyl groups excluding tert-OH is 1. The van der Waals surface area contributed by atoms with Gasteiger partial charge in [-0.25, -0.2) is 4.79 Å². The molecule has 0 aromatic carbocycles. The van der Waals surface area contributed by atoms with Gasteiger partial charge in [0.25, 0.3) is 0 Å². The summed E-state index contributed by atoms with van der Waals surface area (Å²) in [6.45, 7) is 8.03. The van der Waals surface area contributed by atoms with Gasteiger partial charge in [-0.2, -0.15) is 0 Å². The molecule has 2 fully saturated rings. The molecule has 132 valence electrons. The fourth-order valence-corrected chi connectivity index (χ4v) is 3.29. The van der Waals surface area contributed by atoms with Crippen LogP contribution in [0.2, 0.25) is 0 Å². The molecule has 1 aliphatic carbocycles. The third-order valence-corrected chi connectivity index (χ3v) is 4.70. The van der Waals surface area contributed by atoms with Crippen LogP contribution < -0.4 is 0 Å². The van der Waals surface area contributed by atoms with Gasteiger partial charge in [-0.15, -0.1) is 0 Å². The number of piperazine rings is 1. The van der Waals surface area contributed by atoms with Crippen LogP contribution in [0.4, 0.5) is 4.79 Å². The summed E-state index contributed by atoms with van der Waals surface area (Å²) in [7, 11) is 0. The second-order valence-electron chi connectivity index (χ2n) is 7.69. The summed E-state index contributed by atoms with van der Waals surface area (Å²) in [5, 5.41) is 9.18. The predicted octanol–water partition coefficient (Wildman–Crippen LogP) is 1.86. The van der Waals surface area contributed by atoms with E-state index in [1.807, 2.05) is 25.7 Å². The first-order chi connectivity index (χ1) is 10.8. The normalized spacial score (nSPS) is 26.1. The van der Waals surface area contributed by atoms with Crippen LogP contribution in [0, 0.1) is 11.8 Å². The quantitative estimate of drug-likeness (QED) is 0.841. The summed E-state index contributed by atoms with van der Waals surface area (Å²) in [4.78, 5) is 28.2. The molecule has 1 aliphatic heterocycles. The Morgan fingerprint density at radius 3 is 2.00 bits per heavy atom. The van der Waals surface area contributed by atoms with E-state index in [2.05, 4.69) is 0 Å². The van der Waals surface area contributed by atoms with Gasteiger partial charge in [-0.3, -0.25) is 4.79 Å². The number of nitrogens with zero attached hydrogens (tertiary/aromatic N) is 2. The van der Waals surface area contributed by atoms with Crippen LogP contribution in [0.25, 0.3) is 0 Å². The summed E-state index contributed by atoms with van der Waals surface area (Å²) in [5.41, 5.74) is -0.491. The van der Waals surface area contributed by atoms with Gasteiger partial charge in [0, 0.05) is 38.7 Å². The molecule has 6 nitrogen and oxygen atoms in total. The largest absolute Gasteiger partial charge is 0.444 e. The van der Waals surface area contributed by atoms with E-state index in [9.17, 15) is 14.7 Å². The minimum Gasteiger partial charge on any atom is -0.444 e. The Morgan fingerprint density at radius 1 is 1.00 bits per heavy atom. The Labute approximate surface area is 138 Å². The van der Waals surface area contributed by atoms with Crippen molar-refractivity contribution < 1.29 is 19.4 Å². The smallest absolute Gasteiger partial charge is 0.410 e. The zero-order valence-corrected chi connectivity index (χ0v) is 14.6. The van der Waals surface area contributed by atoms with Gasteiger partial charge in [-0.05, 0) is 52.4 Å². The number of hydrogen-bond donors (Lipinski definition) is 1. The highest BCUT2D eigenvalue weighted by atomic mass is 16.6. The molecule has 6 heteroatoms. The third-order valence-electron chi connectivity index (χ3n) is 4.70. The fraction of sp³-hybridized carbons (Fsp3) is 0.882. The molecule has 1 heterocycles. The SMILES string of the molecule is CC(C)(C)OC(=O)N1CCN(C(=O)[C@H]2CC[C@H](CO)CC2)CC1. The number of carbonyl (C=O) groups excluding carboxylic acids is 2. The summed E-state index contributed by atoms with van der Waals surface area (Å²) in [5.74, 6) is 0.666. The van der Waals surface area contributed by atoms with Crippen molar-refractivity contribution >= 4 is 12.0 Å². The lowest BCUT2D eigenvalue weighted by molar-refractivity contribution is -0.138. The van der Waals surface area contributed by atoms with Crippen molar-refractivity contribution in [1.29, 1.82) is 0 Å². The van der Waals surface area contributed by atoms with E-state index in [1.54, 1.807) is 4.90 Å². The topological polar surface area (TPSA) is 70.1 Å². The molecule has 1 saturated carbocycles. The molecule has 0 aromatic heterocycles. The molecule has 2 rings (SSSR count). The van der Waals surface area contributed by atoms with E-state index >= 15 is 0 Å². The highest BCUT2D eigenvalue weighted by molar-refractivity contribution is 5.79. The summed E-state index contributed by atoms with van der Waals surface area (Å²) < 4.78 is 5.37. The minimum atomic E-state index is -0.491. The summed E-state index contributed by atoms with van der Waals surface area (Å²) >= 11 is 0. The van der Waals surface area contributed by atoms with Gasteiger partial charge >= 0.3 is 6.09 Å². The fourth-order valence-electron chi connectivity index (χ4n) is 3.29. The third kappa shape index (κ3) is 5.09. The number of amides is 2. The Kier molecular flexibility index (Phi) is 5.89. The number of carbonyl (C=O) groups is 2. The van der Waals surface area contributed by atoms with Gasteiger partial charge < -0.3 is 19.6 Å². The average Bonchev–Trinajstić information content (AvgIpc) is 2.53. The molecule has 1 N–H and O–H groups in total. The molecule has 0 atom stereocenters. The van der Waals surface area contributed by atoms with Crippen molar-refractivity contribution in [1.82, 2.24) is 9.80 Å². The predicted molar refractivity (Wildman–Crippen MR) is 86.9 cm³/mol. The molecule has 1 saturated heterocycles. The van der Waals surface area contributed by atoms with Gasteiger partial charge in [-0.1, -0.05) is 0 Å². The maximum atomic E-state index is 12.6. The van der Waals surface area contributed by atoms with Crippen LogP contribution in [0.3, 0.4) is 0 Å². The Balaban J connectivity index is 1.78. The second kappa shape index (κ2) is 7.51. The molecule has 0 radical (unpaired) electrons. The second-order valence-corrected chi connectivity index (χ2v) is 7.69. The summed E-state index contributed by atoms with van der Waals surface area (Å²) in [6.07, 6.45) is 3.32. The summed E-state index contributed by atoms with van der Waals surface area (Å²) in [6, 6.07) is 0. The van der Waals surface area contributed by atoms with Crippen molar-refractivity contribution in [2.75, 3.05) is 32.8 Å². The van der Waals surface area contributed by atoms with Crippen molar-refractivity contribution in [3.8, 4) is 0 Å². The molecule has 0 spiro atoms. The molecule has 0 aromatic rings. The highest BCUT2D eigenvalue weighted by Gasteiger charge is 2.32. The van der Waals surface area contributed by atoms with E-state index in [1.165, 1.54) is 0 Å². The number of rotatable bonds is 2. The van der Waals surface area contributed by atoms with Crippen molar-refractivity contribution in [2.45, 2.75) is 52.1 Å². The van der Waals surface area contributed by atoms with Gasteiger partial charge in [0.2, 0.25) is 5.91 Å². The monoisotopic (exact) mass is 326 g/mol. The van der Waals surface area contributed by atoms with Crippen LogP contribution in [0.5, 0.6) is 0 Å². The van der Waals surface area contributed by atoms with Crippen LogP contribution in [-0.2, 0) is 9.53 Å². The molecule has 0 bridgehead atoms. The molecule has 23 heavy (non-hydrogen) atoms. The maximum absolute atomic E-state index is 12.6. The van der Waals surface area contributed by atoms with Crippen molar-refractivity contribution in [3.05, 3.63) is 0 Å². The first-order valence-electron chi connectivity index (χ1n) is 8.67. The van der Waals surface area contributed by atoms with Crippen LogP contribution in [0.15, 0.2) is 0 Å². The molecule has 2 aliphatic rings. The lowest BCUT2D eigenvalue weighted by Crippen LogP contribution is -2.53. The zero-order valence-electron chi connectivity index (χ0n) is 14.6. The van der Waals surface area contributed by atoms with Crippen molar-refractivity contribution in [2.24, 2.45) is 11.8 Å². The Bertz CT molecular complexity index is 417. The Morgan fingerprint density at radius 2 is 1.52 bits per heavy atom. The molecular weight excluding hydrogens is 296 g/mol. The van der Waals surface area contributed by atoms with Gasteiger partial charge in [0.1, 0.15) is 5.60 Å². The molecule has 2 amide bonds. The lowest BCUT2D eigenvalue weighted by atomic mass is 9.81. The average molecular weight is 326 g/mol. The van der Waals surface area contributed by atoms with Gasteiger partial charge in [0.05, 0.1) is 0 Å².